The SMILES string of the molecule is O=C(CNC(=O)c1cccs1)NC1(C(=O)O)CCCCCC1. The van der Waals surface area contributed by atoms with E-state index in [9.17, 15) is 19.5 Å². The van der Waals surface area contributed by atoms with Crippen molar-refractivity contribution < 1.29 is 19.5 Å². The van der Waals surface area contributed by atoms with Crippen molar-refractivity contribution in [3.8, 4) is 0 Å². The molecular weight excluding hydrogens is 304 g/mol. The lowest BCUT2D eigenvalue weighted by Crippen LogP contribution is -2.56. The molecule has 0 bridgehead atoms. The van der Waals surface area contributed by atoms with Crippen LogP contribution in [0.4, 0.5) is 0 Å². The van der Waals surface area contributed by atoms with E-state index in [1.54, 1.807) is 17.5 Å². The Kier molecular flexibility index (Phi) is 5.54. The fourth-order valence-corrected chi connectivity index (χ4v) is 3.33. The van der Waals surface area contributed by atoms with Gasteiger partial charge in [0, 0.05) is 0 Å². The Labute approximate surface area is 132 Å². The van der Waals surface area contributed by atoms with E-state index in [4.69, 9.17) is 0 Å². The van der Waals surface area contributed by atoms with Crippen LogP contribution in [0, 0.1) is 0 Å². The zero-order valence-corrected chi connectivity index (χ0v) is 13.1. The maximum Gasteiger partial charge on any atom is 0.329 e. The molecule has 1 fully saturated rings. The molecule has 0 radical (unpaired) electrons. The Balaban J connectivity index is 1.91. The van der Waals surface area contributed by atoms with Crippen LogP contribution in [-0.2, 0) is 9.59 Å². The number of carbonyl (C=O) groups excluding carboxylic acids is 2. The van der Waals surface area contributed by atoms with Gasteiger partial charge in [0.05, 0.1) is 11.4 Å². The molecule has 1 aromatic heterocycles. The maximum absolute atomic E-state index is 12.0. The van der Waals surface area contributed by atoms with Crippen molar-refractivity contribution >= 4 is 29.1 Å². The molecule has 1 aromatic rings. The summed E-state index contributed by atoms with van der Waals surface area (Å²) < 4.78 is 0. The molecule has 1 aliphatic rings. The summed E-state index contributed by atoms with van der Waals surface area (Å²) in [7, 11) is 0. The van der Waals surface area contributed by atoms with E-state index >= 15 is 0 Å². The van der Waals surface area contributed by atoms with Crippen molar-refractivity contribution in [3.63, 3.8) is 0 Å². The van der Waals surface area contributed by atoms with E-state index in [1.165, 1.54) is 11.3 Å². The van der Waals surface area contributed by atoms with Crippen LogP contribution >= 0.6 is 11.3 Å². The highest BCUT2D eigenvalue weighted by molar-refractivity contribution is 7.12. The van der Waals surface area contributed by atoms with Crippen LogP contribution in [0.2, 0.25) is 0 Å². The van der Waals surface area contributed by atoms with E-state index < -0.39 is 17.4 Å². The zero-order valence-electron chi connectivity index (χ0n) is 12.3. The summed E-state index contributed by atoms with van der Waals surface area (Å²) in [5.41, 5.74) is -1.19. The van der Waals surface area contributed by atoms with E-state index in [2.05, 4.69) is 10.6 Å². The minimum Gasteiger partial charge on any atom is -0.480 e. The van der Waals surface area contributed by atoms with Gasteiger partial charge in [-0.25, -0.2) is 4.79 Å². The number of thiophene rings is 1. The van der Waals surface area contributed by atoms with E-state index in [1.807, 2.05) is 0 Å². The third kappa shape index (κ3) is 4.07. The standard InChI is InChI=1S/C15H20N2O4S/c18-12(10-16-13(19)11-6-5-9-22-11)17-15(14(20)21)7-3-1-2-4-8-15/h5-6,9H,1-4,7-8,10H2,(H,16,19)(H,17,18)(H,20,21). The Morgan fingerprint density at radius 3 is 2.41 bits per heavy atom. The number of hydrogen-bond donors (Lipinski definition) is 3. The van der Waals surface area contributed by atoms with Crippen molar-refractivity contribution in [2.75, 3.05) is 6.54 Å². The zero-order chi connectivity index (χ0) is 16.0. The van der Waals surface area contributed by atoms with Gasteiger partial charge in [0.15, 0.2) is 0 Å². The minimum absolute atomic E-state index is 0.217. The van der Waals surface area contributed by atoms with Gasteiger partial charge in [0.25, 0.3) is 5.91 Å². The van der Waals surface area contributed by atoms with Crippen molar-refractivity contribution in [2.24, 2.45) is 0 Å². The summed E-state index contributed by atoms with van der Waals surface area (Å²) in [5, 5.41) is 16.4. The first-order valence-corrected chi connectivity index (χ1v) is 8.28. The molecule has 1 heterocycles. The highest BCUT2D eigenvalue weighted by Gasteiger charge is 2.39. The number of hydrogen-bond acceptors (Lipinski definition) is 4. The molecular formula is C15H20N2O4S. The molecule has 2 amide bonds. The van der Waals surface area contributed by atoms with Gasteiger partial charge in [-0.05, 0) is 24.3 Å². The summed E-state index contributed by atoms with van der Waals surface area (Å²) >= 11 is 1.29. The van der Waals surface area contributed by atoms with Crippen molar-refractivity contribution in [3.05, 3.63) is 22.4 Å². The number of carboxylic acids is 1. The molecule has 2 rings (SSSR count). The van der Waals surface area contributed by atoms with Crippen molar-refractivity contribution in [1.29, 1.82) is 0 Å². The second kappa shape index (κ2) is 7.40. The van der Waals surface area contributed by atoms with Gasteiger partial charge in [-0.2, -0.15) is 0 Å². The van der Waals surface area contributed by atoms with Crippen LogP contribution in [0.3, 0.4) is 0 Å². The van der Waals surface area contributed by atoms with Gasteiger partial charge in [-0.1, -0.05) is 31.7 Å². The molecule has 3 N–H and O–H groups in total. The van der Waals surface area contributed by atoms with Gasteiger partial charge in [0.1, 0.15) is 5.54 Å². The molecule has 1 saturated carbocycles. The van der Waals surface area contributed by atoms with Crippen LogP contribution in [0.25, 0.3) is 0 Å². The molecule has 7 heteroatoms. The molecule has 6 nitrogen and oxygen atoms in total. The lowest BCUT2D eigenvalue weighted by molar-refractivity contribution is -0.148. The first kappa shape index (κ1) is 16.5. The first-order valence-electron chi connectivity index (χ1n) is 7.40. The maximum atomic E-state index is 12.0. The van der Waals surface area contributed by atoms with Crippen LogP contribution in [0.5, 0.6) is 0 Å². The topological polar surface area (TPSA) is 95.5 Å². The summed E-state index contributed by atoms with van der Waals surface area (Å²) in [6.07, 6.45) is 4.42. The van der Waals surface area contributed by atoms with Crippen LogP contribution < -0.4 is 10.6 Å². The van der Waals surface area contributed by atoms with Crippen LogP contribution in [0.15, 0.2) is 17.5 Å². The number of rotatable bonds is 5. The number of aliphatic carboxylic acids is 1. The Hall–Kier alpha value is -1.89. The summed E-state index contributed by atoms with van der Waals surface area (Å²) in [5.74, 6) is -1.78. The largest absolute Gasteiger partial charge is 0.480 e. The average Bonchev–Trinajstić information content (AvgIpc) is 2.92. The van der Waals surface area contributed by atoms with E-state index in [0.717, 1.165) is 25.7 Å². The highest BCUT2D eigenvalue weighted by Crippen LogP contribution is 2.27. The van der Waals surface area contributed by atoms with Gasteiger partial charge in [-0.15, -0.1) is 11.3 Å². The highest BCUT2D eigenvalue weighted by atomic mass is 32.1. The first-order chi connectivity index (χ1) is 10.5. The van der Waals surface area contributed by atoms with E-state index in [-0.39, 0.29) is 12.5 Å². The lowest BCUT2D eigenvalue weighted by atomic mass is 9.90. The summed E-state index contributed by atoms with van der Waals surface area (Å²) in [6.45, 7) is -0.217. The number of amides is 2. The van der Waals surface area contributed by atoms with Gasteiger partial charge < -0.3 is 15.7 Å². The third-order valence-corrected chi connectivity index (χ3v) is 4.77. The predicted octanol–water partition coefficient (Wildman–Crippen LogP) is 1.77. The number of carbonyl (C=O) groups is 3. The van der Waals surface area contributed by atoms with Crippen molar-refractivity contribution in [2.45, 2.75) is 44.1 Å². The lowest BCUT2D eigenvalue weighted by Gasteiger charge is -2.29. The summed E-state index contributed by atoms with van der Waals surface area (Å²) in [6, 6.07) is 3.42. The molecule has 22 heavy (non-hydrogen) atoms. The van der Waals surface area contributed by atoms with Crippen LogP contribution in [0.1, 0.15) is 48.2 Å². The Bertz CT molecular complexity index is 534. The Morgan fingerprint density at radius 1 is 1.18 bits per heavy atom. The van der Waals surface area contributed by atoms with Crippen molar-refractivity contribution in [1.82, 2.24) is 10.6 Å². The monoisotopic (exact) mass is 324 g/mol. The number of carboxylic acid groups (broad SMARTS) is 1. The van der Waals surface area contributed by atoms with Gasteiger partial charge in [-0.3, -0.25) is 9.59 Å². The second-order valence-electron chi connectivity index (χ2n) is 5.51. The molecule has 0 saturated heterocycles. The summed E-state index contributed by atoms with van der Waals surface area (Å²) in [4.78, 5) is 35.9. The normalized spacial score (nSPS) is 17.3. The fraction of sp³-hybridized carbons (Fsp3) is 0.533. The second-order valence-corrected chi connectivity index (χ2v) is 6.46. The van der Waals surface area contributed by atoms with Crippen LogP contribution in [-0.4, -0.2) is 35.0 Å². The predicted molar refractivity (Wildman–Crippen MR) is 82.9 cm³/mol. The number of nitrogens with one attached hydrogen (secondary N) is 2. The van der Waals surface area contributed by atoms with Gasteiger partial charge >= 0.3 is 5.97 Å². The Morgan fingerprint density at radius 2 is 1.86 bits per heavy atom. The smallest absolute Gasteiger partial charge is 0.329 e. The molecule has 0 aliphatic heterocycles. The molecule has 1 aliphatic carbocycles. The van der Waals surface area contributed by atoms with Gasteiger partial charge in [0.2, 0.25) is 5.91 Å². The molecule has 0 unspecified atom stereocenters. The van der Waals surface area contributed by atoms with E-state index in [0.29, 0.717) is 17.7 Å². The quantitative estimate of drug-likeness (QED) is 0.719. The average molecular weight is 324 g/mol. The third-order valence-electron chi connectivity index (χ3n) is 3.90. The molecule has 120 valence electrons. The molecule has 0 spiro atoms. The fourth-order valence-electron chi connectivity index (χ4n) is 2.69. The minimum atomic E-state index is -1.19. The molecule has 0 aromatic carbocycles. The molecule has 0 atom stereocenters.